The lowest BCUT2D eigenvalue weighted by Crippen LogP contribution is -2.62. The molecule has 6 N–H and O–H groups in total. The highest BCUT2D eigenvalue weighted by atomic mass is 32.2. The summed E-state index contributed by atoms with van der Waals surface area (Å²) in [4.78, 5) is 62.5. The highest BCUT2D eigenvalue weighted by Gasteiger charge is 2.85. The molecular formula is C44H73N9O5S. The fraction of sp³-hybridized carbons (Fsp3) is 0.841. The Balaban J connectivity index is 1.16. The average Bonchev–Trinajstić information content (AvgIpc) is 3.70. The summed E-state index contributed by atoms with van der Waals surface area (Å²) in [6, 6.07) is -2.86. The fourth-order valence-corrected chi connectivity index (χ4v) is 13.8. The number of rotatable bonds is 13. The lowest BCUT2D eigenvalue weighted by molar-refractivity contribution is -0.145. The van der Waals surface area contributed by atoms with E-state index in [1.165, 1.54) is 0 Å². The molecule has 2 spiro atoms. The van der Waals surface area contributed by atoms with Crippen molar-refractivity contribution in [2.45, 2.75) is 168 Å². The van der Waals surface area contributed by atoms with Crippen LogP contribution < -0.4 is 21.7 Å². The summed E-state index contributed by atoms with van der Waals surface area (Å²) in [5.41, 5.74) is 4.41. The molecular weight excluding hydrogens is 767 g/mol. The van der Waals surface area contributed by atoms with E-state index < -0.39 is 39.2 Å². The smallest absolute Gasteiger partial charge is 0.246 e. The number of hydrogen-bond donors (Lipinski definition) is 5. The van der Waals surface area contributed by atoms with E-state index in [4.69, 9.17) is 10.5 Å². The van der Waals surface area contributed by atoms with Crippen LogP contribution in [0.2, 0.25) is 0 Å². The van der Waals surface area contributed by atoms with Gasteiger partial charge in [-0.05, 0) is 99.5 Å². The molecule has 3 unspecified atom stereocenters. The van der Waals surface area contributed by atoms with E-state index in [1.807, 2.05) is 20.8 Å². The SMILES string of the molecule is C=C[C@@H]1C[C@]1(NC(=O)C1C[C@@]2(CN1C(=O)[C@@H](NC(=O)C(NC(=O)[C@@H]1CCCN1CC)C1CCCCC1)C(C)(C)C)C(C)(C)C21CCC1)/C(N)=N/S(=N)(=O)N1CCCCC1. The summed E-state index contributed by atoms with van der Waals surface area (Å²) in [6.45, 7) is 19.4. The standard InChI is InChI=1S/C44H73N9O5S/c1-8-30-26-44(30,39(45)50-59(46,58)52-24-14-11-15-25-52)49-36(55)32-27-43(41(6,7)42(43)21-17-22-42)28-53(32)38(57)34(40(3,4)5)48-37(56)33(29-18-12-10-13-19-29)47-35(54)31-20-16-23-51(31)9-2/h8,29-34H,1,9-28H2,2-7H3,(H,47,54)(H,48,56)(H,49,55)(H3,45,46,50,58)/t30-,31+,32?,33?,34-,43-,44-,59?/m1/s1. The topological polar surface area (TPSA) is 193 Å². The van der Waals surface area contributed by atoms with Crippen molar-refractivity contribution in [3.05, 3.63) is 12.7 Å². The molecule has 0 bridgehead atoms. The number of likely N-dealkylation sites (tertiary alicyclic amines) is 2. The molecule has 8 atom stereocenters. The van der Waals surface area contributed by atoms with Gasteiger partial charge >= 0.3 is 0 Å². The number of piperidine rings is 1. The summed E-state index contributed by atoms with van der Waals surface area (Å²) < 4.78 is 28.2. The van der Waals surface area contributed by atoms with Crippen molar-refractivity contribution in [2.24, 2.45) is 43.6 Å². The minimum atomic E-state index is -3.57. The molecule has 7 fully saturated rings. The number of nitrogens with zero attached hydrogens (tertiary/aromatic N) is 4. The summed E-state index contributed by atoms with van der Waals surface area (Å²) in [7, 11) is -3.57. The van der Waals surface area contributed by atoms with Gasteiger partial charge in [-0.2, -0.15) is 8.70 Å². The Morgan fingerprint density at radius 3 is 2.12 bits per heavy atom. The summed E-state index contributed by atoms with van der Waals surface area (Å²) in [5.74, 6) is -1.51. The van der Waals surface area contributed by atoms with Crippen LogP contribution in [-0.4, -0.2) is 110 Å². The number of amides is 4. The minimum absolute atomic E-state index is 0.0313. The molecule has 4 aliphatic carbocycles. The second-order valence-corrected chi connectivity index (χ2v) is 22.5. The zero-order valence-electron chi connectivity index (χ0n) is 36.7. The van der Waals surface area contributed by atoms with Crippen molar-refractivity contribution in [2.75, 3.05) is 32.7 Å². The van der Waals surface area contributed by atoms with Crippen LogP contribution in [0.5, 0.6) is 0 Å². The quantitative estimate of drug-likeness (QED) is 0.101. The maximum atomic E-state index is 15.3. The number of likely N-dealkylation sites (N-methyl/N-ethyl adjacent to an activating group) is 1. The van der Waals surface area contributed by atoms with Crippen molar-refractivity contribution in [3.8, 4) is 0 Å². The third-order valence-electron chi connectivity index (χ3n) is 16.6. The summed E-state index contributed by atoms with van der Waals surface area (Å²) in [6.07, 6.45) is 14.9. The second-order valence-electron chi connectivity index (χ2n) is 20.8. The highest BCUT2D eigenvalue weighted by Crippen LogP contribution is 2.88. The fourth-order valence-electron chi connectivity index (χ4n) is 12.5. The zero-order valence-corrected chi connectivity index (χ0v) is 37.5. The number of carbonyl (C=O) groups is 4. The maximum Gasteiger partial charge on any atom is 0.246 e. The van der Waals surface area contributed by atoms with Gasteiger partial charge in [-0.15, -0.1) is 6.58 Å². The summed E-state index contributed by atoms with van der Waals surface area (Å²) >= 11 is 0. The lowest BCUT2D eigenvalue weighted by atomic mass is 9.73. The van der Waals surface area contributed by atoms with E-state index in [2.05, 4.69) is 52.6 Å². The van der Waals surface area contributed by atoms with Crippen LogP contribution in [0.15, 0.2) is 17.1 Å². The van der Waals surface area contributed by atoms with Gasteiger partial charge in [0.05, 0.1) is 6.04 Å². The molecule has 3 aliphatic heterocycles. The van der Waals surface area contributed by atoms with Gasteiger partial charge in [0.2, 0.25) is 33.7 Å². The molecule has 0 radical (unpaired) electrons. The first kappa shape index (κ1) is 44.0. The van der Waals surface area contributed by atoms with E-state index in [-0.39, 0.29) is 63.6 Å². The molecule has 4 saturated carbocycles. The number of nitrogens with two attached hydrogens (primary N) is 1. The van der Waals surface area contributed by atoms with E-state index in [9.17, 15) is 18.6 Å². The molecule has 3 saturated heterocycles. The number of hydrogen-bond acceptors (Lipinski definition) is 7. The van der Waals surface area contributed by atoms with Gasteiger partial charge in [-0.1, -0.05) is 79.7 Å². The molecule has 7 aliphatic rings. The van der Waals surface area contributed by atoms with E-state index in [0.29, 0.717) is 32.5 Å². The Morgan fingerprint density at radius 1 is 0.898 bits per heavy atom. The van der Waals surface area contributed by atoms with E-state index in [1.54, 1.807) is 15.3 Å². The van der Waals surface area contributed by atoms with Gasteiger partial charge in [-0.3, -0.25) is 24.1 Å². The Kier molecular flexibility index (Phi) is 12.0. The van der Waals surface area contributed by atoms with Crippen molar-refractivity contribution in [3.63, 3.8) is 0 Å². The highest BCUT2D eigenvalue weighted by molar-refractivity contribution is 7.89. The van der Waals surface area contributed by atoms with Crippen molar-refractivity contribution in [1.29, 1.82) is 4.78 Å². The molecule has 15 heteroatoms. The third kappa shape index (κ3) is 7.54. The van der Waals surface area contributed by atoms with Crippen LogP contribution in [0.4, 0.5) is 0 Å². The predicted octanol–water partition coefficient (Wildman–Crippen LogP) is 4.64. The van der Waals surface area contributed by atoms with E-state index >= 15 is 4.79 Å². The summed E-state index contributed by atoms with van der Waals surface area (Å²) in [5, 5.41) is 9.55. The van der Waals surface area contributed by atoms with Gasteiger partial charge in [-0.25, -0.2) is 8.99 Å². The molecule has 0 aromatic rings. The third-order valence-corrected chi connectivity index (χ3v) is 18.1. The predicted molar refractivity (Wildman–Crippen MR) is 230 cm³/mol. The second kappa shape index (κ2) is 16.0. The Hall–Kier alpha value is -3.04. The van der Waals surface area contributed by atoms with Crippen molar-refractivity contribution < 1.29 is 23.4 Å². The van der Waals surface area contributed by atoms with Crippen molar-refractivity contribution in [1.82, 2.24) is 30.1 Å². The first-order chi connectivity index (χ1) is 27.8. The first-order valence-corrected chi connectivity index (χ1v) is 24.3. The molecule has 0 aromatic heterocycles. The average molecular weight is 840 g/mol. The van der Waals surface area contributed by atoms with Crippen LogP contribution in [0, 0.1) is 38.3 Å². The monoisotopic (exact) mass is 840 g/mol. The lowest BCUT2D eigenvalue weighted by Gasteiger charge is -2.38. The molecule has 59 heavy (non-hydrogen) atoms. The van der Waals surface area contributed by atoms with Gasteiger partial charge < -0.3 is 26.6 Å². The number of amidine groups is 1. The van der Waals surface area contributed by atoms with Gasteiger partial charge in [0, 0.05) is 31.0 Å². The number of nitrogens with one attached hydrogen (secondary N) is 4. The number of fused-ring (bicyclic) bond motifs is 1. The van der Waals surface area contributed by atoms with Gasteiger partial charge in [0.1, 0.15) is 29.5 Å². The van der Waals surface area contributed by atoms with Crippen LogP contribution in [0.1, 0.15) is 138 Å². The normalized spacial score (nSPS) is 34.0. The Morgan fingerprint density at radius 2 is 1.56 bits per heavy atom. The van der Waals surface area contributed by atoms with Gasteiger partial charge in [0.15, 0.2) is 0 Å². The number of carbonyl (C=O) groups excluding carboxylic acids is 4. The van der Waals surface area contributed by atoms with Crippen LogP contribution in [-0.2, 0) is 29.3 Å². The Bertz CT molecular complexity index is 1810. The Labute approximate surface area is 353 Å². The molecule has 3 heterocycles. The maximum absolute atomic E-state index is 15.3. The largest absolute Gasteiger partial charge is 0.384 e. The van der Waals surface area contributed by atoms with Gasteiger partial charge in [0.25, 0.3) is 0 Å². The zero-order chi connectivity index (χ0) is 42.8. The minimum Gasteiger partial charge on any atom is -0.384 e. The molecule has 330 valence electrons. The van der Waals surface area contributed by atoms with Crippen molar-refractivity contribution >= 4 is 39.6 Å². The van der Waals surface area contributed by atoms with Crippen LogP contribution in [0.3, 0.4) is 0 Å². The molecule has 7 rings (SSSR count). The first-order valence-electron chi connectivity index (χ1n) is 22.8. The van der Waals surface area contributed by atoms with Crippen LogP contribution in [0.25, 0.3) is 0 Å². The van der Waals surface area contributed by atoms with E-state index in [0.717, 1.165) is 96.6 Å². The molecule has 4 amide bonds. The molecule has 14 nitrogen and oxygen atoms in total. The molecule has 0 aromatic carbocycles. The van der Waals surface area contributed by atoms with Crippen LogP contribution >= 0.6 is 0 Å².